The van der Waals surface area contributed by atoms with Crippen LogP contribution < -0.4 is 4.57 Å². The van der Waals surface area contributed by atoms with Crippen LogP contribution in [0.5, 0.6) is 0 Å². The van der Waals surface area contributed by atoms with Gasteiger partial charge in [0.05, 0.1) is 11.1 Å². The van der Waals surface area contributed by atoms with E-state index in [2.05, 4.69) is 16.5 Å². The number of likely N-dealkylation sites (tertiary alicyclic amines) is 1. The Labute approximate surface area is 134 Å². The number of aromatic nitrogens is 1. The SMILES string of the molecule is CN1CCC/C1=N\c1cccc[n+]1Cc1ccc([N+](=O)[O-])cc1. The fourth-order valence-corrected chi connectivity index (χ4v) is 2.69. The molecule has 0 atom stereocenters. The Bertz CT molecular complexity index is 741. The molecule has 0 saturated carbocycles. The predicted octanol–water partition coefficient (Wildman–Crippen LogP) is 2.69. The Kier molecular flexibility index (Phi) is 4.32. The molecule has 3 rings (SSSR count). The summed E-state index contributed by atoms with van der Waals surface area (Å²) in [6.07, 6.45) is 4.13. The van der Waals surface area contributed by atoms with Crippen molar-refractivity contribution >= 4 is 17.3 Å². The minimum atomic E-state index is -0.382. The van der Waals surface area contributed by atoms with Crippen LogP contribution in [0.2, 0.25) is 0 Å². The number of aliphatic imine (C=N–C) groups is 1. The molecule has 0 aliphatic carbocycles. The molecule has 0 spiro atoms. The highest BCUT2D eigenvalue weighted by molar-refractivity contribution is 5.85. The smallest absolute Gasteiger partial charge is 0.325 e. The number of non-ortho nitro benzene ring substituents is 1. The summed E-state index contributed by atoms with van der Waals surface area (Å²) in [5, 5.41) is 10.7. The summed E-state index contributed by atoms with van der Waals surface area (Å²) in [5.41, 5.74) is 1.12. The third-order valence-electron chi connectivity index (χ3n) is 3.99. The Balaban J connectivity index is 1.84. The number of nitro groups is 1. The zero-order valence-electron chi connectivity index (χ0n) is 13.1. The van der Waals surface area contributed by atoms with Gasteiger partial charge in [-0.25, -0.2) is 4.57 Å². The number of hydrogen-bond donors (Lipinski definition) is 0. The van der Waals surface area contributed by atoms with Crippen LogP contribution in [0.3, 0.4) is 0 Å². The highest BCUT2D eigenvalue weighted by Crippen LogP contribution is 2.15. The largest absolute Gasteiger partial charge is 0.343 e. The van der Waals surface area contributed by atoms with E-state index in [1.54, 1.807) is 12.1 Å². The zero-order chi connectivity index (χ0) is 16.2. The molecule has 0 unspecified atom stereocenters. The highest BCUT2D eigenvalue weighted by atomic mass is 16.6. The number of benzene rings is 1. The van der Waals surface area contributed by atoms with Crippen LogP contribution >= 0.6 is 0 Å². The van der Waals surface area contributed by atoms with E-state index in [9.17, 15) is 10.1 Å². The van der Waals surface area contributed by atoms with Gasteiger partial charge in [-0.3, -0.25) is 10.1 Å². The van der Waals surface area contributed by atoms with E-state index in [-0.39, 0.29) is 10.6 Å². The summed E-state index contributed by atoms with van der Waals surface area (Å²) in [4.78, 5) is 17.3. The van der Waals surface area contributed by atoms with Crippen molar-refractivity contribution in [2.24, 2.45) is 4.99 Å². The number of hydrogen-bond acceptors (Lipinski definition) is 3. The van der Waals surface area contributed by atoms with Crippen LogP contribution in [0.15, 0.2) is 53.7 Å². The maximum atomic E-state index is 10.7. The molecular weight excluding hydrogens is 292 g/mol. The average molecular weight is 311 g/mol. The van der Waals surface area contributed by atoms with Crippen molar-refractivity contribution in [1.82, 2.24) is 4.90 Å². The van der Waals surface area contributed by atoms with E-state index in [4.69, 9.17) is 4.99 Å². The molecule has 1 fully saturated rings. The molecule has 0 N–H and O–H groups in total. The summed E-state index contributed by atoms with van der Waals surface area (Å²) in [5.74, 6) is 2.00. The second-order valence-corrected chi connectivity index (χ2v) is 5.66. The van der Waals surface area contributed by atoms with Crippen LogP contribution in [-0.4, -0.2) is 29.3 Å². The molecule has 1 aliphatic heterocycles. The lowest BCUT2D eigenvalue weighted by atomic mass is 10.2. The summed E-state index contributed by atoms with van der Waals surface area (Å²) >= 11 is 0. The fourth-order valence-electron chi connectivity index (χ4n) is 2.69. The van der Waals surface area contributed by atoms with E-state index < -0.39 is 0 Å². The molecule has 1 aromatic heterocycles. The quantitative estimate of drug-likeness (QED) is 0.495. The normalized spacial score (nSPS) is 16.0. The second-order valence-electron chi connectivity index (χ2n) is 5.66. The van der Waals surface area contributed by atoms with Crippen LogP contribution in [0, 0.1) is 10.1 Å². The van der Waals surface area contributed by atoms with Crippen molar-refractivity contribution < 1.29 is 9.49 Å². The number of amidine groups is 1. The molecule has 0 bridgehead atoms. The number of pyridine rings is 1. The van der Waals surface area contributed by atoms with E-state index in [0.29, 0.717) is 6.54 Å². The lowest BCUT2D eigenvalue weighted by Crippen LogP contribution is -2.34. The molecule has 118 valence electrons. The maximum Gasteiger partial charge on any atom is 0.325 e. The Morgan fingerprint density at radius 2 is 2.04 bits per heavy atom. The van der Waals surface area contributed by atoms with Crippen molar-refractivity contribution in [2.75, 3.05) is 13.6 Å². The summed E-state index contributed by atoms with van der Waals surface area (Å²) in [7, 11) is 2.06. The van der Waals surface area contributed by atoms with E-state index >= 15 is 0 Å². The first-order valence-electron chi connectivity index (χ1n) is 7.64. The summed E-state index contributed by atoms with van der Waals surface area (Å²) < 4.78 is 2.06. The monoisotopic (exact) mass is 311 g/mol. The van der Waals surface area contributed by atoms with Gasteiger partial charge in [0, 0.05) is 38.2 Å². The van der Waals surface area contributed by atoms with Gasteiger partial charge in [-0.05, 0) is 35.2 Å². The predicted molar refractivity (Wildman–Crippen MR) is 87.8 cm³/mol. The first kappa shape index (κ1) is 15.1. The highest BCUT2D eigenvalue weighted by Gasteiger charge is 2.21. The molecular formula is C17H19N4O2+. The van der Waals surface area contributed by atoms with E-state index in [1.165, 1.54) is 12.1 Å². The van der Waals surface area contributed by atoms with Gasteiger partial charge in [0.2, 0.25) is 5.84 Å². The molecule has 1 aromatic carbocycles. The first-order chi connectivity index (χ1) is 11.1. The van der Waals surface area contributed by atoms with Crippen molar-refractivity contribution in [3.05, 3.63) is 64.3 Å². The van der Waals surface area contributed by atoms with E-state index in [0.717, 1.165) is 36.6 Å². The van der Waals surface area contributed by atoms with Gasteiger partial charge < -0.3 is 4.90 Å². The molecule has 1 aliphatic rings. The van der Waals surface area contributed by atoms with Gasteiger partial charge in [0.25, 0.3) is 5.69 Å². The molecule has 0 amide bonds. The van der Waals surface area contributed by atoms with Crippen molar-refractivity contribution in [1.29, 1.82) is 0 Å². The third kappa shape index (κ3) is 3.53. The maximum absolute atomic E-state index is 10.7. The van der Waals surface area contributed by atoms with Crippen LogP contribution in [0.4, 0.5) is 11.5 Å². The van der Waals surface area contributed by atoms with E-state index in [1.807, 2.05) is 24.4 Å². The second kappa shape index (κ2) is 6.56. The standard InChI is InChI=1S/C17H19N4O2/c1-19-11-4-6-16(19)18-17-5-2-3-12-20(17)13-14-7-9-15(10-8-14)21(22)23/h2-3,5,7-10,12H,4,6,11,13H2,1H3/q+1. The number of nitrogens with zero attached hydrogens (tertiary/aromatic N) is 4. The minimum absolute atomic E-state index is 0.111. The van der Waals surface area contributed by atoms with Gasteiger partial charge in [-0.15, -0.1) is 0 Å². The van der Waals surface area contributed by atoms with Crippen LogP contribution in [0.1, 0.15) is 18.4 Å². The van der Waals surface area contributed by atoms with Crippen molar-refractivity contribution in [2.45, 2.75) is 19.4 Å². The van der Waals surface area contributed by atoms with Crippen molar-refractivity contribution in [3.63, 3.8) is 0 Å². The molecule has 2 aromatic rings. The molecule has 2 heterocycles. The lowest BCUT2D eigenvalue weighted by Gasteiger charge is -2.07. The number of nitro benzene ring substituents is 1. The minimum Gasteiger partial charge on any atom is -0.343 e. The van der Waals surface area contributed by atoms with Gasteiger partial charge in [-0.2, -0.15) is 0 Å². The fraction of sp³-hybridized carbons (Fsp3) is 0.294. The molecule has 6 nitrogen and oxygen atoms in total. The Morgan fingerprint density at radius 3 is 2.70 bits per heavy atom. The molecule has 1 saturated heterocycles. The van der Waals surface area contributed by atoms with Gasteiger partial charge in [0.1, 0.15) is 6.54 Å². The van der Waals surface area contributed by atoms with Gasteiger partial charge >= 0.3 is 5.82 Å². The zero-order valence-corrected chi connectivity index (χ0v) is 13.1. The molecule has 6 heteroatoms. The van der Waals surface area contributed by atoms with Crippen LogP contribution in [0.25, 0.3) is 0 Å². The number of rotatable bonds is 4. The van der Waals surface area contributed by atoms with Gasteiger partial charge in [-0.1, -0.05) is 6.07 Å². The average Bonchev–Trinajstić information content (AvgIpc) is 2.95. The van der Waals surface area contributed by atoms with Crippen molar-refractivity contribution in [3.8, 4) is 0 Å². The Morgan fingerprint density at radius 1 is 1.26 bits per heavy atom. The topological polar surface area (TPSA) is 62.6 Å². The molecule has 23 heavy (non-hydrogen) atoms. The molecule has 0 radical (unpaired) electrons. The summed E-state index contributed by atoms with van der Waals surface area (Å²) in [6, 6.07) is 12.6. The van der Waals surface area contributed by atoms with Gasteiger partial charge in [0.15, 0.2) is 0 Å². The lowest BCUT2D eigenvalue weighted by molar-refractivity contribution is -0.675. The summed E-state index contributed by atoms with van der Waals surface area (Å²) in [6.45, 7) is 1.68. The third-order valence-corrected chi connectivity index (χ3v) is 3.99. The van der Waals surface area contributed by atoms with Crippen LogP contribution in [-0.2, 0) is 6.54 Å². The Hall–Kier alpha value is -2.76. The first-order valence-corrected chi connectivity index (χ1v) is 7.64.